The fourth-order valence-corrected chi connectivity index (χ4v) is 2.16. The van der Waals surface area contributed by atoms with Gasteiger partial charge in [0.15, 0.2) is 0 Å². The van der Waals surface area contributed by atoms with E-state index in [4.69, 9.17) is 4.74 Å². The Kier molecular flexibility index (Phi) is 4.08. The van der Waals surface area contributed by atoms with E-state index in [1.54, 1.807) is 31.1 Å². The van der Waals surface area contributed by atoms with Crippen LogP contribution < -0.4 is 10.2 Å². The van der Waals surface area contributed by atoms with E-state index in [1.807, 2.05) is 6.92 Å². The van der Waals surface area contributed by atoms with E-state index in [2.05, 4.69) is 10.4 Å². The minimum Gasteiger partial charge on any atom is -0.383 e. The van der Waals surface area contributed by atoms with E-state index in [0.717, 1.165) is 0 Å². The van der Waals surface area contributed by atoms with Crippen molar-refractivity contribution in [3.05, 3.63) is 12.4 Å². The highest BCUT2D eigenvalue weighted by Crippen LogP contribution is 2.23. The molecule has 20 heavy (non-hydrogen) atoms. The Morgan fingerprint density at radius 2 is 2.25 bits per heavy atom. The first-order chi connectivity index (χ1) is 9.50. The number of rotatable bonds is 5. The van der Waals surface area contributed by atoms with Crippen molar-refractivity contribution in [2.45, 2.75) is 32.4 Å². The first-order valence-electron chi connectivity index (χ1n) is 6.64. The molecule has 1 aromatic heterocycles. The standard InChI is InChI=1S/C13H20N4O3/c1-4-13(2)12(19)17(9-11(18)15-13)10-7-14-16(8-10)5-6-20-3/h7-8H,4-6,9H2,1-3H3,(H,15,18). The minimum atomic E-state index is -0.843. The highest BCUT2D eigenvalue weighted by Gasteiger charge is 2.42. The number of ether oxygens (including phenoxy) is 1. The minimum absolute atomic E-state index is 0.0321. The lowest BCUT2D eigenvalue weighted by molar-refractivity contribution is -0.135. The fourth-order valence-electron chi connectivity index (χ4n) is 2.16. The molecule has 1 aromatic rings. The number of carbonyl (C=O) groups excluding carboxylic acids is 2. The number of carbonyl (C=O) groups is 2. The van der Waals surface area contributed by atoms with Gasteiger partial charge in [0.1, 0.15) is 12.1 Å². The van der Waals surface area contributed by atoms with Gasteiger partial charge in [-0.05, 0) is 13.3 Å². The zero-order valence-electron chi connectivity index (χ0n) is 12.0. The van der Waals surface area contributed by atoms with Crippen molar-refractivity contribution in [2.24, 2.45) is 0 Å². The number of nitrogens with one attached hydrogen (secondary N) is 1. The van der Waals surface area contributed by atoms with Crippen LogP contribution in [0.25, 0.3) is 0 Å². The molecule has 0 bridgehead atoms. The molecular weight excluding hydrogens is 260 g/mol. The number of nitrogens with zero attached hydrogens (tertiary/aromatic N) is 3. The Morgan fingerprint density at radius 3 is 2.90 bits per heavy atom. The molecule has 7 nitrogen and oxygen atoms in total. The molecular formula is C13H20N4O3. The topological polar surface area (TPSA) is 76.5 Å². The Bertz CT molecular complexity index is 513. The van der Waals surface area contributed by atoms with Crippen molar-refractivity contribution in [3.8, 4) is 0 Å². The smallest absolute Gasteiger partial charge is 0.253 e. The fraction of sp³-hybridized carbons (Fsp3) is 0.615. The van der Waals surface area contributed by atoms with Crippen molar-refractivity contribution >= 4 is 17.5 Å². The first kappa shape index (κ1) is 14.5. The number of piperazine rings is 1. The van der Waals surface area contributed by atoms with Crippen LogP contribution in [0.2, 0.25) is 0 Å². The third kappa shape index (κ3) is 2.67. The summed E-state index contributed by atoms with van der Waals surface area (Å²) >= 11 is 0. The monoisotopic (exact) mass is 280 g/mol. The van der Waals surface area contributed by atoms with Crippen LogP contribution in [0.3, 0.4) is 0 Å². The highest BCUT2D eigenvalue weighted by atomic mass is 16.5. The summed E-state index contributed by atoms with van der Waals surface area (Å²) in [6, 6.07) is 0. The van der Waals surface area contributed by atoms with Crippen molar-refractivity contribution in [1.82, 2.24) is 15.1 Å². The van der Waals surface area contributed by atoms with Gasteiger partial charge in [0.2, 0.25) is 5.91 Å². The number of hydrogen-bond donors (Lipinski definition) is 1. The van der Waals surface area contributed by atoms with Gasteiger partial charge < -0.3 is 10.1 Å². The summed E-state index contributed by atoms with van der Waals surface area (Å²) in [6.45, 7) is 4.81. The van der Waals surface area contributed by atoms with Crippen LogP contribution in [-0.4, -0.2) is 47.4 Å². The van der Waals surface area contributed by atoms with E-state index >= 15 is 0 Å². The molecule has 0 saturated carbocycles. The van der Waals surface area contributed by atoms with Crippen molar-refractivity contribution in [3.63, 3.8) is 0 Å². The summed E-state index contributed by atoms with van der Waals surface area (Å²) in [7, 11) is 1.62. The predicted octanol–water partition coefficient (Wildman–Crippen LogP) is 0.161. The summed E-state index contributed by atoms with van der Waals surface area (Å²) in [6.07, 6.45) is 3.90. The average molecular weight is 280 g/mol. The third-order valence-electron chi connectivity index (χ3n) is 3.60. The van der Waals surface area contributed by atoms with Crippen LogP contribution in [-0.2, 0) is 20.9 Å². The molecule has 2 amide bonds. The van der Waals surface area contributed by atoms with Gasteiger partial charge in [-0.15, -0.1) is 0 Å². The molecule has 1 N–H and O–H groups in total. The molecule has 1 fully saturated rings. The van der Waals surface area contributed by atoms with Crippen molar-refractivity contribution in [2.75, 3.05) is 25.2 Å². The Labute approximate surface area is 117 Å². The lowest BCUT2D eigenvalue weighted by Crippen LogP contribution is -2.65. The molecule has 2 rings (SSSR count). The second kappa shape index (κ2) is 5.62. The molecule has 7 heteroatoms. The molecule has 1 aliphatic heterocycles. The summed E-state index contributed by atoms with van der Waals surface area (Å²) in [5, 5.41) is 6.93. The van der Waals surface area contributed by atoms with Gasteiger partial charge in [-0.3, -0.25) is 19.2 Å². The van der Waals surface area contributed by atoms with Crippen LogP contribution >= 0.6 is 0 Å². The van der Waals surface area contributed by atoms with Gasteiger partial charge in [0, 0.05) is 13.3 Å². The van der Waals surface area contributed by atoms with Gasteiger partial charge in [0.25, 0.3) is 5.91 Å². The summed E-state index contributed by atoms with van der Waals surface area (Å²) < 4.78 is 6.68. The molecule has 1 unspecified atom stereocenters. The maximum atomic E-state index is 12.5. The molecule has 0 aromatic carbocycles. The lowest BCUT2D eigenvalue weighted by Gasteiger charge is -2.38. The van der Waals surface area contributed by atoms with Gasteiger partial charge in [-0.2, -0.15) is 5.10 Å². The molecule has 2 heterocycles. The van der Waals surface area contributed by atoms with Crippen LogP contribution in [0.4, 0.5) is 5.69 Å². The predicted molar refractivity (Wildman–Crippen MR) is 73.3 cm³/mol. The number of aromatic nitrogens is 2. The first-order valence-corrected chi connectivity index (χ1v) is 6.64. The third-order valence-corrected chi connectivity index (χ3v) is 3.60. The van der Waals surface area contributed by atoms with E-state index in [1.165, 1.54) is 4.90 Å². The van der Waals surface area contributed by atoms with E-state index < -0.39 is 5.54 Å². The van der Waals surface area contributed by atoms with Gasteiger partial charge in [-0.25, -0.2) is 0 Å². The second-order valence-corrected chi connectivity index (χ2v) is 5.08. The second-order valence-electron chi connectivity index (χ2n) is 5.08. The number of anilines is 1. The molecule has 1 atom stereocenters. The number of methoxy groups -OCH3 is 1. The Balaban J connectivity index is 2.20. The van der Waals surface area contributed by atoms with Crippen LogP contribution in [0.1, 0.15) is 20.3 Å². The Hall–Kier alpha value is -1.89. The van der Waals surface area contributed by atoms with Crippen LogP contribution in [0.15, 0.2) is 12.4 Å². The summed E-state index contributed by atoms with van der Waals surface area (Å²) in [4.78, 5) is 25.8. The normalized spacial score (nSPS) is 23.1. The van der Waals surface area contributed by atoms with Gasteiger partial charge >= 0.3 is 0 Å². The summed E-state index contributed by atoms with van der Waals surface area (Å²) in [5.74, 6) is -0.260. The number of hydrogen-bond acceptors (Lipinski definition) is 4. The van der Waals surface area contributed by atoms with Crippen molar-refractivity contribution < 1.29 is 14.3 Å². The van der Waals surface area contributed by atoms with E-state index in [0.29, 0.717) is 25.3 Å². The number of amides is 2. The maximum Gasteiger partial charge on any atom is 0.253 e. The van der Waals surface area contributed by atoms with Crippen LogP contribution in [0, 0.1) is 0 Å². The molecule has 110 valence electrons. The van der Waals surface area contributed by atoms with E-state index in [9.17, 15) is 9.59 Å². The van der Waals surface area contributed by atoms with Gasteiger partial charge in [-0.1, -0.05) is 6.92 Å². The van der Waals surface area contributed by atoms with Gasteiger partial charge in [0.05, 0.1) is 25.0 Å². The van der Waals surface area contributed by atoms with Crippen LogP contribution in [0.5, 0.6) is 0 Å². The Morgan fingerprint density at radius 1 is 1.50 bits per heavy atom. The quantitative estimate of drug-likeness (QED) is 0.833. The van der Waals surface area contributed by atoms with Crippen molar-refractivity contribution in [1.29, 1.82) is 0 Å². The maximum absolute atomic E-state index is 12.5. The average Bonchev–Trinajstić information content (AvgIpc) is 2.89. The molecule has 0 spiro atoms. The zero-order valence-corrected chi connectivity index (χ0v) is 12.0. The summed E-state index contributed by atoms with van der Waals surface area (Å²) in [5.41, 5.74) is -0.204. The lowest BCUT2D eigenvalue weighted by atomic mass is 9.94. The molecule has 1 saturated heterocycles. The molecule has 0 radical (unpaired) electrons. The molecule has 0 aliphatic carbocycles. The van der Waals surface area contributed by atoms with E-state index in [-0.39, 0.29) is 18.4 Å². The largest absolute Gasteiger partial charge is 0.383 e. The molecule has 1 aliphatic rings. The highest BCUT2D eigenvalue weighted by molar-refractivity contribution is 6.08. The SMILES string of the molecule is CCC1(C)NC(=O)CN(c2cnn(CCOC)c2)C1=O. The zero-order chi connectivity index (χ0) is 14.8.